The van der Waals surface area contributed by atoms with Crippen molar-refractivity contribution in [3.05, 3.63) is 23.8 Å². The molecule has 0 bridgehead atoms. The fourth-order valence-electron chi connectivity index (χ4n) is 2.55. The molecule has 0 aliphatic carbocycles. The summed E-state index contributed by atoms with van der Waals surface area (Å²) < 4.78 is 16.5. The molecular formula is C15H21NO3. The maximum absolute atomic E-state index is 5.58. The Morgan fingerprint density at radius 1 is 1.11 bits per heavy atom. The predicted molar refractivity (Wildman–Crippen MR) is 72.7 cm³/mol. The third-order valence-corrected chi connectivity index (χ3v) is 3.69. The molecule has 0 amide bonds. The molecule has 4 nitrogen and oxygen atoms in total. The fourth-order valence-corrected chi connectivity index (χ4v) is 2.55. The first-order chi connectivity index (χ1) is 9.42. The van der Waals surface area contributed by atoms with Crippen LogP contribution in [0.2, 0.25) is 0 Å². The van der Waals surface area contributed by atoms with E-state index in [9.17, 15) is 0 Å². The maximum Gasteiger partial charge on any atom is 0.161 e. The van der Waals surface area contributed by atoms with Gasteiger partial charge in [-0.05, 0) is 43.0 Å². The number of nitrogens with one attached hydrogen (secondary N) is 1. The van der Waals surface area contributed by atoms with Crippen LogP contribution < -0.4 is 14.8 Å². The minimum atomic E-state index is 0.644. The van der Waals surface area contributed by atoms with Gasteiger partial charge in [-0.2, -0.15) is 0 Å². The van der Waals surface area contributed by atoms with Crippen LogP contribution in [0.5, 0.6) is 11.5 Å². The summed E-state index contributed by atoms with van der Waals surface area (Å²) in [6.07, 6.45) is 2.41. The molecule has 1 aromatic carbocycles. The Bertz CT molecular complexity index is 416. The second-order valence-electron chi connectivity index (χ2n) is 5.17. The van der Waals surface area contributed by atoms with Crippen molar-refractivity contribution in [1.29, 1.82) is 0 Å². The van der Waals surface area contributed by atoms with Crippen molar-refractivity contribution in [2.24, 2.45) is 5.92 Å². The van der Waals surface area contributed by atoms with Gasteiger partial charge in [0, 0.05) is 19.8 Å². The zero-order chi connectivity index (χ0) is 12.9. The van der Waals surface area contributed by atoms with Crippen LogP contribution in [0.25, 0.3) is 0 Å². The fraction of sp³-hybridized carbons (Fsp3) is 0.600. The lowest BCUT2D eigenvalue weighted by Gasteiger charge is -2.19. The van der Waals surface area contributed by atoms with Crippen molar-refractivity contribution in [2.75, 3.05) is 33.0 Å². The molecule has 0 radical (unpaired) electrons. The van der Waals surface area contributed by atoms with Gasteiger partial charge in [-0.3, -0.25) is 0 Å². The Morgan fingerprint density at radius 2 is 2.00 bits per heavy atom. The molecule has 0 aromatic heterocycles. The second-order valence-corrected chi connectivity index (χ2v) is 5.17. The molecule has 0 saturated carbocycles. The highest BCUT2D eigenvalue weighted by molar-refractivity contribution is 5.43. The van der Waals surface area contributed by atoms with Gasteiger partial charge in [0.05, 0.1) is 0 Å². The number of hydrogen-bond donors (Lipinski definition) is 1. The molecule has 2 heterocycles. The first kappa shape index (κ1) is 12.8. The van der Waals surface area contributed by atoms with E-state index in [-0.39, 0.29) is 0 Å². The largest absolute Gasteiger partial charge is 0.486 e. The Morgan fingerprint density at radius 3 is 2.84 bits per heavy atom. The van der Waals surface area contributed by atoms with E-state index in [0.717, 1.165) is 43.7 Å². The van der Waals surface area contributed by atoms with Crippen LogP contribution >= 0.6 is 0 Å². The molecule has 4 heteroatoms. The van der Waals surface area contributed by atoms with Gasteiger partial charge in [0.1, 0.15) is 13.2 Å². The van der Waals surface area contributed by atoms with Crippen LogP contribution in [0.4, 0.5) is 0 Å². The summed E-state index contributed by atoms with van der Waals surface area (Å²) in [5.74, 6) is 2.47. The quantitative estimate of drug-likeness (QED) is 0.825. The maximum atomic E-state index is 5.58. The van der Waals surface area contributed by atoms with E-state index < -0.39 is 0 Å². The highest BCUT2D eigenvalue weighted by Crippen LogP contribution is 2.30. The summed E-state index contributed by atoms with van der Waals surface area (Å²) in [6, 6.07) is 6.16. The van der Waals surface area contributed by atoms with Crippen molar-refractivity contribution < 1.29 is 14.2 Å². The minimum Gasteiger partial charge on any atom is -0.486 e. The van der Waals surface area contributed by atoms with E-state index in [0.29, 0.717) is 13.2 Å². The van der Waals surface area contributed by atoms with Crippen LogP contribution in [0, 0.1) is 5.92 Å². The predicted octanol–water partition coefficient (Wildman–Crippen LogP) is 1.97. The number of benzene rings is 1. The molecule has 2 aliphatic rings. The van der Waals surface area contributed by atoms with Crippen LogP contribution in [0.1, 0.15) is 18.4 Å². The number of rotatable bonds is 5. The molecule has 1 aromatic rings. The van der Waals surface area contributed by atoms with Crippen molar-refractivity contribution >= 4 is 0 Å². The summed E-state index contributed by atoms with van der Waals surface area (Å²) in [6.45, 7) is 5.09. The molecule has 1 fully saturated rings. The molecule has 1 atom stereocenters. The Labute approximate surface area is 114 Å². The molecule has 19 heavy (non-hydrogen) atoms. The van der Waals surface area contributed by atoms with Crippen LogP contribution in [-0.4, -0.2) is 33.0 Å². The zero-order valence-corrected chi connectivity index (χ0v) is 11.2. The summed E-state index contributed by atoms with van der Waals surface area (Å²) in [5, 5.41) is 3.48. The number of hydrogen-bond acceptors (Lipinski definition) is 4. The van der Waals surface area contributed by atoms with Gasteiger partial charge in [0.15, 0.2) is 11.5 Å². The van der Waals surface area contributed by atoms with Crippen LogP contribution in [0.3, 0.4) is 0 Å². The topological polar surface area (TPSA) is 39.7 Å². The Balaban J connectivity index is 1.44. The van der Waals surface area contributed by atoms with Crippen molar-refractivity contribution in [1.82, 2.24) is 5.32 Å². The third kappa shape index (κ3) is 3.39. The van der Waals surface area contributed by atoms with E-state index in [1.807, 2.05) is 6.07 Å². The average molecular weight is 263 g/mol. The van der Waals surface area contributed by atoms with E-state index in [4.69, 9.17) is 14.2 Å². The summed E-state index contributed by atoms with van der Waals surface area (Å²) in [7, 11) is 0. The van der Waals surface area contributed by atoms with E-state index in [2.05, 4.69) is 17.4 Å². The van der Waals surface area contributed by atoms with Crippen LogP contribution in [-0.2, 0) is 11.3 Å². The lowest BCUT2D eigenvalue weighted by molar-refractivity contribution is 0.171. The van der Waals surface area contributed by atoms with Gasteiger partial charge in [0.2, 0.25) is 0 Å². The average Bonchev–Trinajstić information content (AvgIpc) is 2.97. The number of fused-ring (bicyclic) bond motifs is 1. The molecule has 0 spiro atoms. The highest BCUT2D eigenvalue weighted by atomic mass is 16.6. The smallest absolute Gasteiger partial charge is 0.161 e. The van der Waals surface area contributed by atoms with E-state index in [1.54, 1.807) is 0 Å². The molecule has 3 rings (SSSR count). The third-order valence-electron chi connectivity index (χ3n) is 3.69. The summed E-state index contributed by atoms with van der Waals surface area (Å²) in [4.78, 5) is 0. The second kappa shape index (κ2) is 6.26. The van der Waals surface area contributed by atoms with Crippen molar-refractivity contribution in [3.63, 3.8) is 0 Å². The van der Waals surface area contributed by atoms with Gasteiger partial charge in [0.25, 0.3) is 0 Å². The zero-order valence-electron chi connectivity index (χ0n) is 11.2. The molecule has 104 valence electrons. The molecule has 1 saturated heterocycles. The van der Waals surface area contributed by atoms with E-state index in [1.165, 1.54) is 18.4 Å². The number of ether oxygens (including phenoxy) is 3. The minimum absolute atomic E-state index is 0.644. The first-order valence-electron chi connectivity index (χ1n) is 7.09. The van der Waals surface area contributed by atoms with Gasteiger partial charge >= 0.3 is 0 Å². The highest BCUT2D eigenvalue weighted by Gasteiger charge is 2.15. The van der Waals surface area contributed by atoms with Crippen molar-refractivity contribution in [3.8, 4) is 11.5 Å². The lowest BCUT2D eigenvalue weighted by atomic mass is 10.1. The van der Waals surface area contributed by atoms with E-state index >= 15 is 0 Å². The van der Waals surface area contributed by atoms with Gasteiger partial charge in [-0.1, -0.05) is 6.07 Å². The Kier molecular flexibility index (Phi) is 4.20. The SMILES string of the molecule is c1cc2c(cc1CNCCC1CCOC1)OCCO2. The molecule has 1 unspecified atom stereocenters. The monoisotopic (exact) mass is 263 g/mol. The van der Waals surface area contributed by atoms with Gasteiger partial charge < -0.3 is 19.5 Å². The molecule has 1 N–H and O–H groups in total. The molecule has 2 aliphatic heterocycles. The van der Waals surface area contributed by atoms with Gasteiger partial charge in [-0.15, -0.1) is 0 Å². The summed E-state index contributed by atoms with van der Waals surface area (Å²) in [5.41, 5.74) is 1.24. The lowest BCUT2D eigenvalue weighted by Crippen LogP contribution is -2.19. The normalized spacial score (nSPS) is 21.6. The van der Waals surface area contributed by atoms with Gasteiger partial charge in [-0.25, -0.2) is 0 Å². The Hall–Kier alpha value is -1.26. The van der Waals surface area contributed by atoms with Crippen molar-refractivity contribution in [2.45, 2.75) is 19.4 Å². The van der Waals surface area contributed by atoms with Crippen LogP contribution in [0.15, 0.2) is 18.2 Å². The molecular weight excluding hydrogens is 242 g/mol. The standard InChI is InChI=1S/C15H21NO3/c1-2-14-15(19-8-7-18-14)9-13(1)10-16-5-3-12-4-6-17-11-12/h1-2,9,12,16H,3-8,10-11H2. The first-order valence-corrected chi connectivity index (χ1v) is 7.09. The summed E-state index contributed by atoms with van der Waals surface area (Å²) >= 11 is 0.